The lowest BCUT2D eigenvalue weighted by Gasteiger charge is -2.24. The molecule has 3 aromatic rings. The van der Waals surface area contributed by atoms with Crippen LogP contribution in [0.1, 0.15) is 18.0 Å². The molecule has 30 heavy (non-hydrogen) atoms. The van der Waals surface area contributed by atoms with Gasteiger partial charge in [-0.15, -0.1) is 0 Å². The molecular formula is C21H17FN2O5S. The molecule has 0 radical (unpaired) electrons. The van der Waals surface area contributed by atoms with E-state index >= 15 is 0 Å². The zero-order chi connectivity index (χ0) is 21.5. The highest BCUT2D eigenvalue weighted by atomic mass is 32.2. The SMILES string of the molecule is CS(=O)(=O)c1ccc(N2N=C(C(=O)O)CC2c2ccc(-c3ccco3)cc2)cc1F. The molecule has 1 aliphatic rings. The van der Waals surface area contributed by atoms with Gasteiger partial charge in [0, 0.05) is 24.3 Å². The minimum absolute atomic E-state index is 0.0669. The molecule has 1 aliphatic heterocycles. The highest BCUT2D eigenvalue weighted by molar-refractivity contribution is 7.90. The van der Waals surface area contributed by atoms with E-state index in [-0.39, 0.29) is 17.8 Å². The Morgan fingerprint density at radius 2 is 1.93 bits per heavy atom. The number of sulfone groups is 1. The summed E-state index contributed by atoms with van der Waals surface area (Å²) >= 11 is 0. The highest BCUT2D eigenvalue weighted by Gasteiger charge is 2.33. The summed E-state index contributed by atoms with van der Waals surface area (Å²) in [5, 5.41) is 14.9. The number of furan rings is 1. The van der Waals surface area contributed by atoms with Gasteiger partial charge >= 0.3 is 5.97 Å². The van der Waals surface area contributed by atoms with Crippen molar-refractivity contribution >= 4 is 27.2 Å². The average molecular weight is 428 g/mol. The summed E-state index contributed by atoms with van der Waals surface area (Å²) in [6.07, 6.45) is 2.61. The van der Waals surface area contributed by atoms with Gasteiger partial charge in [0.25, 0.3) is 0 Å². The summed E-state index contributed by atoms with van der Waals surface area (Å²) < 4.78 is 43.1. The van der Waals surface area contributed by atoms with Gasteiger partial charge in [-0.25, -0.2) is 17.6 Å². The number of hydrogen-bond acceptors (Lipinski definition) is 6. The number of hydrazone groups is 1. The van der Waals surface area contributed by atoms with Gasteiger partial charge in [0.1, 0.15) is 22.2 Å². The van der Waals surface area contributed by atoms with E-state index in [1.165, 1.54) is 11.1 Å². The van der Waals surface area contributed by atoms with Crippen molar-refractivity contribution in [2.24, 2.45) is 5.10 Å². The number of carbonyl (C=O) groups is 1. The maximum Gasteiger partial charge on any atom is 0.352 e. The van der Waals surface area contributed by atoms with Crippen molar-refractivity contribution in [1.82, 2.24) is 0 Å². The Kier molecular flexibility index (Phi) is 4.90. The molecule has 4 rings (SSSR count). The largest absolute Gasteiger partial charge is 0.477 e. The van der Waals surface area contributed by atoms with Gasteiger partial charge < -0.3 is 9.52 Å². The molecule has 1 atom stereocenters. The second-order valence-corrected chi connectivity index (χ2v) is 8.89. The summed E-state index contributed by atoms with van der Waals surface area (Å²) in [5.41, 5.74) is 1.83. The van der Waals surface area contributed by atoms with Crippen molar-refractivity contribution in [3.8, 4) is 11.3 Å². The Bertz CT molecular complexity index is 1230. The fraction of sp³-hybridized carbons (Fsp3) is 0.143. The van der Waals surface area contributed by atoms with Crippen LogP contribution in [0.3, 0.4) is 0 Å². The standard InChI is InChI=1S/C21H17FN2O5S/c1-30(27,28)20-9-8-15(11-16(20)22)24-18(12-17(23-24)21(25)26)13-4-6-14(7-5-13)19-3-2-10-29-19/h2-11,18H,12H2,1H3,(H,25,26). The average Bonchev–Trinajstić information content (AvgIpc) is 3.37. The lowest BCUT2D eigenvalue weighted by Crippen LogP contribution is -2.19. The van der Waals surface area contributed by atoms with Crippen molar-refractivity contribution in [3.63, 3.8) is 0 Å². The molecule has 0 fully saturated rings. The smallest absolute Gasteiger partial charge is 0.352 e. The maximum atomic E-state index is 14.4. The third kappa shape index (κ3) is 3.71. The van der Waals surface area contributed by atoms with Crippen LogP contribution in [0.5, 0.6) is 0 Å². The van der Waals surface area contributed by atoms with Crippen LogP contribution < -0.4 is 5.01 Å². The monoisotopic (exact) mass is 428 g/mol. The summed E-state index contributed by atoms with van der Waals surface area (Å²) in [6, 6.07) is 14.1. The number of carboxylic acid groups (broad SMARTS) is 1. The van der Waals surface area contributed by atoms with Gasteiger partial charge in [-0.2, -0.15) is 5.10 Å². The van der Waals surface area contributed by atoms with Crippen molar-refractivity contribution in [1.29, 1.82) is 0 Å². The molecule has 1 aromatic heterocycles. The Hall–Kier alpha value is -3.46. The van der Waals surface area contributed by atoms with Gasteiger partial charge in [-0.05, 0) is 29.8 Å². The predicted molar refractivity (Wildman–Crippen MR) is 109 cm³/mol. The number of carboxylic acids is 1. The first-order valence-corrected chi connectivity index (χ1v) is 10.9. The zero-order valence-corrected chi connectivity index (χ0v) is 16.6. The second kappa shape index (κ2) is 7.42. The number of halogens is 1. The van der Waals surface area contributed by atoms with E-state index in [1.807, 2.05) is 30.3 Å². The summed E-state index contributed by atoms with van der Waals surface area (Å²) in [4.78, 5) is 11.1. The Labute approximate surface area is 172 Å². The molecule has 1 unspecified atom stereocenters. The van der Waals surface area contributed by atoms with E-state index in [4.69, 9.17) is 4.42 Å². The van der Waals surface area contributed by atoms with Crippen LogP contribution in [0, 0.1) is 5.82 Å². The number of nitrogens with zero attached hydrogens (tertiary/aromatic N) is 2. The summed E-state index contributed by atoms with van der Waals surface area (Å²) in [5.74, 6) is -1.38. The highest BCUT2D eigenvalue weighted by Crippen LogP contribution is 2.37. The van der Waals surface area contributed by atoms with Gasteiger partial charge in [0.15, 0.2) is 9.84 Å². The normalized spacial score (nSPS) is 16.5. The van der Waals surface area contributed by atoms with Crippen molar-refractivity contribution in [2.45, 2.75) is 17.4 Å². The van der Waals surface area contributed by atoms with E-state index in [2.05, 4.69) is 5.10 Å². The minimum Gasteiger partial charge on any atom is -0.477 e. The Morgan fingerprint density at radius 1 is 1.20 bits per heavy atom. The van der Waals surface area contributed by atoms with Gasteiger partial charge in [0.2, 0.25) is 0 Å². The van der Waals surface area contributed by atoms with Crippen LogP contribution in [0.2, 0.25) is 0 Å². The minimum atomic E-state index is -3.72. The number of aliphatic carboxylic acids is 1. The first-order valence-electron chi connectivity index (χ1n) is 8.97. The fourth-order valence-electron chi connectivity index (χ4n) is 3.38. The molecule has 0 aliphatic carbocycles. The lowest BCUT2D eigenvalue weighted by atomic mass is 9.99. The molecule has 9 heteroatoms. The van der Waals surface area contributed by atoms with Gasteiger partial charge in [0.05, 0.1) is 18.0 Å². The molecule has 0 bridgehead atoms. The number of hydrogen-bond donors (Lipinski definition) is 1. The van der Waals surface area contributed by atoms with E-state index in [0.717, 1.165) is 29.5 Å². The molecule has 2 heterocycles. The lowest BCUT2D eigenvalue weighted by molar-refractivity contribution is -0.129. The van der Waals surface area contributed by atoms with Crippen LogP contribution in [-0.2, 0) is 14.6 Å². The Balaban J connectivity index is 1.71. The van der Waals surface area contributed by atoms with Crippen molar-refractivity contribution in [2.75, 3.05) is 11.3 Å². The molecule has 0 saturated heterocycles. The van der Waals surface area contributed by atoms with E-state index in [0.29, 0.717) is 5.76 Å². The molecule has 0 spiro atoms. The number of rotatable bonds is 5. The van der Waals surface area contributed by atoms with E-state index in [9.17, 15) is 22.7 Å². The molecule has 154 valence electrons. The first kappa shape index (κ1) is 19.8. The molecule has 0 amide bonds. The quantitative estimate of drug-likeness (QED) is 0.662. The van der Waals surface area contributed by atoms with Crippen molar-refractivity contribution < 1.29 is 27.1 Å². The van der Waals surface area contributed by atoms with Crippen LogP contribution in [0.15, 0.2) is 75.3 Å². The molecule has 2 aromatic carbocycles. The fourth-order valence-corrected chi connectivity index (χ4v) is 4.11. The van der Waals surface area contributed by atoms with Crippen molar-refractivity contribution in [3.05, 3.63) is 72.2 Å². The molecular weight excluding hydrogens is 411 g/mol. The Morgan fingerprint density at radius 3 is 2.50 bits per heavy atom. The third-order valence-electron chi connectivity index (χ3n) is 4.84. The number of benzene rings is 2. The topological polar surface area (TPSA) is 100 Å². The summed E-state index contributed by atoms with van der Waals surface area (Å²) in [6.45, 7) is 0. The molecule has 0 saturated carbocycles. The van der Waals surface area contributed by atoms with E-state index in [1.54, 1.807) is 12.3 Å². The van der Waals surface area contributed by atoms with Crippen LogP contribution in [-0.4, -0.2) is 31.5 Å². The maximum absolute atomic E-state index is 14.4. The third-order valence-corrected chi connectivity index (χ3v) is 5.97. The van der Waals surface area contributed by atoms with Gasteiger partial charge in [-0.3, -0.25) is 5.01 Å². The molecule has 7 nitrogen and oxygen atoms in total. The van der Waals surface area contributed by atoms with Crippen LogP contribution in [0.25, 0.3) is 11.3 Å². The predicted octanol–water partition coefficient (Wildman–Crippen LogP) is 3.88. The number of anilines is 1. The summed E-state index contributed by atoms with van der Waals surface area (Å²) in [7, 11) is -3.72. The van der Waals surface area contributed by atoms with E-state index < -0.39 is 32.6 Å². The van der Waals surface area contributed by atoms with Crippen LogP contribution >= 0.6 is 0 Å². The second-order valence-electron chi connectivity index (χ2n) is 6.90. The molecule has 1 N–H and O–H groups in total. The zero-order valence-electron chi connectivity index (χ0n) is 15.8. The van der Waals surface area contributed by atoms with Crippen LogP contribution in [0.4, 0.5) is 10.1 Å². The first-order chi connectivity index (χ1) is 14.2. The van der Waals surface area contributed by atoms with Gasteiger partial charge in [-0.1, -0.05) is 24.3 Å².